The second kappa shape index (κ2) is 8.74. The minimum Gasteiger partial charge on any atom is -0.382 e. The Bertz CT molecular complexity index is 772. The van der Waals surface area contributed by atoms with Crippen LogP contribution in [0.3, 0.4) is 0 Å². The summed E-state index contributed by atoms with van der Waals surface area (Å²) in [5.74, 6) is 1.04. The average molecular weight is 461 g/mol. The van der Waals surface area contributed by atoms with Gasteiger partial charge >= 0.3 is 0 Å². The van der Waals surface area contributed by atoms with Gasteiger partial charge in [0.25, 0.3) is 0 Å². The van der Waals surface area contributed by atoms with Gasteiger partial charge in [-0.2, -0.15) is 0 Å². The molecule has 26 heavy (non-hydrogen) atoms. The number of hydrogen-bond donors (Lipinski definition) is 2. The van der Waals surface area contributed by atoms with Crippen molar-refractivity contribution in [3.8, 4) is 11.3 Å². The second-order valence-electron chi connectivity index (χ2n) is 6.31. The van der Waals surface area contributed by atoms with Gasteiger partial charge in [-0.05, 0) is 41.8 Å². The van der Waals surface area contributed by atoms with E-state index in [4.69, 9.17) is 34.7 Å². The molecule has 0 unspecified atom stereocenters. The van der Waals surface area contributed by atoms with Crippen molar-refractivity contribution in [1.82, 2.24) is 9.97 Å². The molecule has 1 aliphatic rings. The van der Waals surface area contributed by atoms with Crippen LogP contribution in [0, 0.1) is 0 Å². The second-order valence-corrected chi connectivity index (χ2v) is 7.85. The van der Waals surface area contributed by atoms with Crippen molar-refractivity contribution in [3.63, 3.8) is 0 Å². The minimum atomic E-state index is -0.129. The number of nitrogens with zero attached hydrogens (tertiary/aromatic N) is 3. The first-order valence-electron chi connectivity index (χ1n) is 8.60. The lowest BCUT2D eigenvalue weighted by Gasteiger charge is -2.37. The van der Waals surface area contributed by atoms with Gasteiger partial charge < -0.3 is 16.4 Å². The predicted molar refractivity (Wildman–Crippen MR) is 115 cm³/mol. The SMILES string of the molecule is CC.CC1(N)CCN(c2nc(N)c(-c3cccc(Cl)c3Cl)nc2Br)CC1. The van der Waals surface area contributed by atoms with Crippen LogP contribution < -0.4 is 16.4 Å². The first kappa shape index (κ1) is 21.2. The van der Waals surface area contributed by atoms with Crippen LogP contribution in [-0.2, 0) is 0 Å². The normalized spacial score (nSPS) is 16.0. The minimum absolute atomic E-state index is 0.129. The van der Waals surface area contributed by atoms with Crippen LogP contribution >= 0.6 is 39.1 Å². The fourth-order valence-corrected chi connectivity index (χ4v) is 3.64. The standard InChI is InChI=1S/C16H18BrCl2N5.C2H6/c1-16(21)5-7-24(8-6-16)15-13(17)22-12(14(20)23-15)9-3-2-4-10(18)11(9)19;1-2/h2-4H,5-8,21H2,1H3,(H2,20,23);1-2H3. The summed E-state index contributed by atoms with van der Waals surface area (Å²) in [5, 5.41) is 0.866. The van der Waals surface area contributed by atoms with Crippen molar-refractivity contribution in [3.05, 3.63) is 32.8 Å². The maximum Gasteiger partial charge on any atom is 0.164 e. The Morgan fingerprint density at radius 3 is 2.38 bits per heavy atom. The number of benzene rings is 1. The molecule has 0 saturated carbocycles. The molecule has 0 bridgehead atoms. The summed E-state index contributed by atoms with van der Waals surface area (Å²) in [6.07, 6.45) is 1.78. The molecule has 142 valence electrons. The van der Waals surface area contributed by atoms with Gasteiger partial charge in [0.1, 0.15) is 10.3 Å². The molecule has 2 aromatic rings. The predicted octanol–water partition coefficient (Wildman–Crippen LogP) is 5.14. The van der Waals surface area contributed by atoms with Crippen molar-refractivity contribution in [2.24, 2.45) is 5.73 Å². The molecule has 3 rings (SSSR count). The lowest BCUT2D eigenvalue weighted by Crippen LogP contribution is -2.48. The zero-order valence-electron chi connectivity index (χ0n) is 15.2. The highest BCUT2D eigenvalue weighted by Gasteiger charge is 2.28. The van der Waals surface area contributed by atoms with E-state index in [-0.39, 0.29) is 5.54 Å². The molecular formula is C18H24BrCl2N5. The average Bonchev–Trinajstić information content (AvgIpc) is 2.61. The molecule has 8 heteroatoms. The number of nitrogens with two attached hydrogens (primary N) is 2. The Morgan fingerprint density at radius 1 is 1.15 bits per heavy atom. The quantitative estimate of drug-likeness (QED) is 0.648. The van der Waals surface area contributed by atoms with Crippen LogP contribution in [0.1, 0.15) is 33.6 Å². The zero-order valence-corrected chi connectivity index (χ0v) is 18.3. The number of halogens is 3. The van der Waals surface area contributed by atoms with Crippen LogP contribution in [-0.4, -0.2) is 28.6 Å². The van der Waals surface area contributed by atoms with Gasteiger partial charge in [-0.15, -0.1) is 0 Å². The maximum atomic E-state index is 6.28. The summed E-state index contributed by atoms with van der Waals surface area (Å²) in [5.41, 5.74) is 13.4. The first-order valence-corrected chi connectivity index (χ1v) is 10.1. The van der Waals surface area contributed by atoms with Crippen LogP contribution in [0.15, 0.2) is 22.8 Å². The molecule has 2 heterocycles. The van der Waals surface area contributed by atoms with Gasteiger partial charge in [-0.1, -0.05) is 49.2 Å². The van der Waals surface area contributed by atoms with E-state index in [0.717, 1.165) is 31.7 Å². The fraction of sp³-hybridized carbons (Fsp3) is 0.444. The molecular weight excluding hydrogens is 437 g/mol. The Kier molecular flexibility index (Phi) is 7.13. The van der Waals surface area contributed by atoms with Crippen molar-refractivity contribution < 1.29 is 0 Å². The summed E-state index contributed by atoms with van der Waals surface area (Å²) in [6, 6.07) is 5.35. The molecule has 4 N–H and O–H groups in total. The lowest BCUT2D eigenvalue weighted by molar-refractivity contribution is 0.363. The topological polar surface area (TPSA) is 81.1 Å². The van der Waals surface area contributed by atoms with E-state index in [2.05, 4.69) is 37.7 Å². The van der Waals surface area contributed by atoms with Gasteiger partial charge in [0.05, 0.1) is 10.0 Å². The van der Waals surface area contributed by atoms with Crippen molar-refractivity contribution >= 4 is 50.8 Å². The first-order chi connectivity index (χ1) is 12.3. The molecule has 5 nitrogen and oxygen atoms in total. The summed E-state index contributed by atoms with van der Waals surface area (Å²) in [4.78, 5) is 11.3. The van der Waals surface area contributed by atoms with Crippen molar-refractivity contribution in [1.29, 1.82) is 0 Å². The van der Waals surface area contributed by atoms with E-state index in [9.17, 15) is 0 Å². The van der Waals surface area contributed by atoms with Crippen LogP contribution in [0.5, 0.6) is 0 Å². The summed E-state index contributed by atoms with van der Waals surface area (Å²) in [7, 11) is 0. The Labute approximate surface area is 173 Å². The Morgan fingerprint density at radius 2 is 1.77 bits per heavy atom. The van der Waals surface area contributed by atoms with Crippen molar-refractivity contribution in [2.45, 2.75) is 39.2 Å². The summed E-state index contributed by atoms with van der Waals surface area (Å²) >= 11 is 15.9. The number of hydrogen-bond acceptors (Lipinski definition) is 5. The molecule has 1 aliphatic heterocycles. The van der Waals surface area contributed by atoms with E-state index in [1.165, 1.54) is 0 Å². The van der Waals surface area contributed by atoms with E-state index >= 15 is 0 Å². The molecule has 0 amide bonds. The largest absolute Gasteiger partial charge is 0.382 e. The third-order valence-corrected chi connectivity index (χ3v) is 5.63. The maximum absolute atomic E-state index is 6.28. The molecule has 1 fully saturated rings. The zero-order chi connectivity index (χ0) is 19.5. The molecule has 1 saturated heterocycles. The Hall–Kier alpha value is -1.08. The highest BCUT2D eigenvalue weighted by molar-refractivity contribution is 9.10. The highest BCUT2D eigenvalue weighted by atomic mass is 79.9. The molecule has 0 radical (unpaired) electrons. The molecule has 0 spiro atoms. The number of nitrogen functional groups attached to an aromatic ring is 1. The monoisotopic (exact) mass is 459 g/mol. The van der Waals surface area contributed by atoms with Crippen LogP contribution in [0.25, 0.3) is 11.3 Å². The van der Waals surface area contributed by atoms with E-state index < -0.39 is 0 Å². The van der Waals surface area contributed by atoms with E-state index in [0.29, 0.717) is 31.7 Å². The van der Waals surface area contributed by atoms with Gasteiger partial charge in [0, 0.05) is 24.2 Å². The van der Waals surface area contributed by atoms with Crippen LogP contribution in [0.4, 0.5) is 11.6 Å². The fourth-order valence-electron chi connectivity index (χ4n) is 2.73. The lowest BCUT2D eigenvalue weighted by atomic mass is 9.91. The number of anilines is 2. The Balaban J connectivity index is 0.00000117. The van der Waals surface area contributed by atoms with Crippen LogP contribution in [0.2, 0.25) is 10.0 Å². The molecule has 1 aromatic carbocycles. The summed E-state index contributed by atoms with van der Waals surface area (Å²) in [6.45, 7) is 7.71. The smallest absolute Gasteiger partial charge is 0.164 e. The summed E-state index contributed by atoms with van der Waals surface area (Å²) < 4.78 is 0.628. The number of rotatable bonds is 2. The number of piperidine rings is 1. The van der Waals surface area contributed by atoms with Gasteiger partial charge in [-0.3, -0.25) is 0 Å². The third-order valence-electron chi connectivity index (χ3n) is 4.28. The number of aromatic nitrogens is 2. The molecule has 0 aliphatic carbocycles. The van der Waals surface area contributed by atoms with Gasteiger partial charge in [0.15, 0.2) is 11.6 Å². The molecule has 0 atom stereocenters. The van der Waals surface area contributed by atoms with Gasteiger partial charge in [-0.25, -0.2) is 9.97 Å². The van der Waals surface area contributed by atoms with Crippen molar-refractivity contribution in [2.75, 3.05) is 23.7 Å². The molecule has 1 aromatic heterocycles. The van der Waals surface area contributed by atoms with E-state index in [1.807, 2.05) is 19.9 Å². The third kappa shape index (κ3) is 4.60. The highest BCUT2D eigenvalue weighted by Crippen LogP contribution is 2.37. The van der Waals surface area contributed by atoms with Gasteiger partial charge in [0.2, 0.25) is 0 Å². The van der Waals surface area contributed by atoms with E-state index in [1.54, 1.807) is 12.1 Å².